The zero-order valence-electron chi connectivity index (χ0n) is 10.5. The predicted molar refractivity (Wildman–Crippen MR) is 73.0 cm³/mol. The van der Waals surface area contributed by atoms with E-state index >= 15 is 0 Å². The zero-order valence-corrected chi connectivity index (χ0v) is 12.1. The molecule has 0 saturated carbocycles. The van der Waals surface area contributed by atoms with E-state index in [0.717, 1.165) is 4.31 Å². The van der Waals surface area contributed by atoms with Gasteiger partial charge >= 0.3 is 16.3 Å². The molecule has 0 spiro atoms. The Kier molecular flexibility index (Phi) is 4.52. The summed E-state index contributed by atoms with van der Waals surface area (Å²) in [6.07, 6.45) is 1.59. The molecule has 1 aromatic carbocycles. The first kappa shape index (κ1) is 15.1. The highest BCUT2D eigenvalue weighted by atomic mass is 35.5. The van der Waals surface area contributed by atoms with E-state index in [1.165, 1.54) is 24.3 Å². The van der Waals surface area contributed by atoms with E-state index in [1.54, 1.807) is 0 Å². The van der Waals surface area contributed by atoms with Gasteiger partial charge in [0.25, 0.3) is 0 Å². The van der Waals surface area contributed by atoms with Crippen molar-refractivity contribution in [3.63, 3.8) is 0 Å². The maximum Gasteiger partial charge on any atom is 0.385 e. The Bertz CT molecular complexity index is 586. The highest BCUT2D eigenvalue weighted by Gasteiger charge is 2.38. The third-order valence-corrected chi connectivity index (χ3v) is 4.71. The monoisotopic (exact) mass is 319 g/mol. The van der Waals surface area contributed by atoms with Gasteiger partial charge < -0.3 is 9.29 Å². The van der Waals surface area contributed by atoms with Gasteiger partial charge in [-0.1, -0.05) is 11.6 Å². The minimum atomic E-state index is -4.13. The zero-order chi connectivity index (χ0) is 14.8. The number of halogens is 1. The van der Waals surface area contributed by atoms with Crippen LogP contribution in [0.4, 0.5) is 0 Å². The number of carboxylic acids is 1. The Hall–Kier alpha value is -1.31. The molecule has 8 heteroatoms. The standard InChI is InChI=1S/C12H14ClNO5S/c13-9-4-6-10(7-5-9)19-20(17,18)14-8-2-1-3-11(14)12(15)16/h4-7,11H,1-3,8H2,(H,15,16)/t11-/m1/s1. The lowest BCUT2D eigenvalue weighted by atomic mass is 10.1. The summed E-state index contributed by atoms with van der Waals surface area (Å²) in [5.74, 6) is -1.06. The second-order valence-corrected chi connectivity index (χ2v) is 6.38. The number of benzene rings is 1. The predicted octanol–water partition coefficient (Wildman–Crippen LogP) is 1.90. The van der Waals surface area contributed by atoms with E-state index in [9.17, 15) is 13.2 Å². The lowest BCUT2D eigenvalue weighted by Gasteiger charge is -2.30. The van der Waals surface area contributed by atoms with Gasteiger partial charge in [0, 0.05) is 11.6 Å². The first-order valence-electron chi connectivity index (χ1n) is 6.10. The van der Waals surface area contributed by atoms with Crippen LogP contribution in [0.3, 0.4) is 0 Å². The van der Waals surface area contributed by atoms with Gasteiger partial charge in [-0.2, -0.15) is 12.7 Å². The molecule has 0 aliphatic carbocycles. The molecule has 1 N–H and O–H groups in total. The summed E-state index contributed by atoms with van der Waals surface area (Å²) < 4.78 is 30.2. The molecule has 6 nitrogen and oxygen atoms in total. The van der Waals surface area contributed by atoms with Gasteiger partial charge in [0.1, 0.15) is 11.8 Å². The molecule has 1 aliphatic rings. The van der Waals surface area contributed by atoms with Crippen LogP contribution in [0.1, 0.15) is 19.3 Å². The minimum Gasteiger partial charge on any atom is -0.480 e. The summed E-state index contributed by atoms with van der Waals surface area (Å²) in [6.45, 7) is 0.146. The number of aliphatic carboxylic acids is 1. The fraction of sp³-hybridized carbons (Fsp3) is 0.417. The van der Waals surface area contributed by atoms with E-state index in [0.29, 0.717) is 24.3 Å². The average molecular weight is 320 g/mol. The van der Waals surface area contributed by atoms with E-state index in [1.807, 2.05) is 0 Å². The van der Waals surface area contributed by atoms with Gasteiger partial charge in [-0.05, 0) is 43.5 Å². The summed E-state index contributed by atoms with van der Waals surface area (Å²) in [7, 11) is -4.13. The normalized spacial score (nSPS) is 20.6. The molecule has 0 unspecified atom stereocenters. The van der Waals surface area contributed by atoms with Crippen molar-refractivity contribution in [2.24, 2.45) is 0 Å². The Morgan fingerprint density at radius 2 is 1.95 bits per heavy atom. The summed E-state index contributed by atoms with van der Waals surface area (Å²) >= 11 is 5.70. The first-order valence-corrected chi connectivity index (χ1v) is 7.84. The van der Waals surface area contributed by atoms with Crippen molar-refractivity contribution in [3.05, 3.63) is 29.3 Å². The van der Waals surface area contributed by atoms with E-state index < -0.39 is 22.3 Å². The quantitative estimate of drug-likeness (QED) is 0.916. The van der Waals surface area contributed by atoms with Gasteiger partial charge in [0.05, 0.1) is 0 Å². The molecule has 1 fully saturated rings. The second kappa shape index (κ2) is 5.99. The van der Waals surface area contributed by atoms with Crippen molar-refractivity contribution < 1.29 is 22.5 Å². The molecular weight excluding hydrogens is 306 g/mol. The number of piperidine rings is 1. The highest BCUT2D eigenvalue weighted by Crippen LogP contribution is 2.24. The molecule has 1 aliphatic heterocycles. The number of hydrogen-bond acceptors (Lipinski definition) is 4. The van der Waals surface area contributed by atoms with Crippen LogP contribution in [0.15, 0.2) is 24.3 Å². The van der Waals surface area contributed by atoms with Crippen LogP contribution < -0.4 is 4.18 Å². The van der Waals surface area contributed by atoms with Gasteiger partial charge in [-0.25, -0.2) is 0 Å². The second-order valence-electron chi connectivity index (χ2n) is 4.46. The summed E-state index contributed by atoms with van der Waals surface area (Å²) in [6, 6.07) is 4.76. The smallest absolute Gasteiger partial charge is 0.385 e. The van der Waals surface area contributed by atoms with Gasteiger partial charge in [-0.15, -0.1) is 0 Å². The topological polar surface area (TPSA) is 83.9 Å². The lowest BCUT2D eigenvalue weighted by Crippen LogP contribution is -2.49. The highest BCUT2D eigenvalue weighted by molar-refractivity contribution is 7.84. The van der Waals surface area contributed by atoms with Crippen LogP contribution in [-0.2, 0) is 15.1 Å². The van der Waals surface area contributed by atoms with Crippen molar-refractivity contribution >= 4 is 27.9 Å². The molecule has 110 valence electrons. The molecule has 1 atom stereocenters. The molecule has 0 radical (unpaired) electrons. The summed E-state index contributed by atoms with van der Waals surface area (Å²) in [5, 5.41) is 9.55. The third-order valence-electron chi connectivity index (χ3n) is 3.04. The van der Waals surface area contributed by atoms with Crippen LogP contribution in [0, 0.1) is 0 Å². The van der Waals surface area contributed by atoms with E-state index in [-0.39, 0.29) is 12.3 Å². The average Bonchev–Trinajstić information content (AvgIpc) is 2.41. The number of nitrogens with zero attached hydrogens (tertiary/aromatic N) is 1. The lowest BCUT2D eigenvalue weighted by molar-refractivity contribution is -0.142. The first-order chi connectivity index (χ1) is 9.40. The molecule has 0 amide bonds. The van der Waals surface area contributed by atoms with Crippen molar-refractivity contribution in [3.8, 4) is 5.75 Å². The van der Waals surface area contributed by atoms with Crippen LogP contribution in [0.5, 0.6) is 5.75 Å². The maximum absolute atomic E-state index is 12.2. The molecule has 2 rings (SSSR count). The Morgan fingerprint density at radius 1 is 1.30 bits per heavy atom. The third kappa shape index (κ3) is 3.41. The fourth-order valence-electron chi connectivity index (χ4n) is 2.08. The fourth-order valence-corrected chi connectivity index (χ4v) is 3.52. The van der Waals surface area contributed by atoms with Crippen molar-refractivity contribution in [2.45, 2.75) is 25.3 Å². The number of rotatable bonds is 4. The Balaban J connectivity index is 2.20. The minimum absolute atomic E-state index is 0.101. The Labute approximate surface area is 122 Å². The molecular formula is C12H14ClNO5S. The summed E-state index contributed by atoms with van der Waals surface area (Å²) in [4.78, 5) is 11.1. The SMILES string of the molecule is O=C(O)[C@H]1CCCCN1S(=O)(=O)Oc1ccc(Cl)cc1. The molecule has 0 bridgehead atoms. The van der Waals surface area contributed by atoms with Crippen LogP contribution in [0.2, 0.25) is 5.02 Å². The van der Waals surface area contributed by atoms with Crippen LogP contribution >= 0.6 is 11.6 Å². The molecule has 1 heterocycles. The van der Waals surface area contributed by atoms with Crippen molar-refractivity contribution in [1.29, 1.82) is 0 Å². The molecule has 20 heavy (non-hydrogen) atoms. The summed E-state index contributed by atoms with van der Waals surface area (Å²) in [5.41, 5.74) is 0. The van der Waals surface area contributed by atoms with Gasteiger partial charge in [-0.3, -0.25) is 4.79 Å². The van der Waals surface area contributed by atoms with Crippen LogP contribution in [-0.4, -0.2) is 36.4 Å². The van der Waals surface area contributed by atoms with Crippen molar-refractivity contribution in [1.82, 2.24) is 4.31 Å². The maximum atomic E-state index is 12.2. The molecule has 1 saturated heterocycles. The van der Waals surface area contributed by atoms with Crippen molar-refractivity contribution in [2.75, 3.05) is 6.54 Å². The number of carboxylic acid groups (broad SMARTS) is 1. The van der Waals surface area contributed by atoms with Gasteiger partial charge in [0.2, 0.25) is 0 Å². The van der Waals surface area contributed by atoms with Crippen LogP contribution in [0.25, 0.3) is 0 Å². The van der Waals surface area contributed by atoms with Gasteiger partial charge in [0.15, 0.2) is 0 Å². The largest absolute Gasteiger partial charge is 0.480 e. The van der Waals surface area contributed by atoms with E-state index in [4.69, 9.17) is 20.9 Å². The Morgan fingerprint density at radius 3 is 2.55 bits per heavy atom. The number of hydrogen-bond donors (Lipinski definition) is 1. The molecule has 1 aromatic rings. The van der Waals surface area contributed by atoms with E-state index in [2.05, 4.69) is 0 Å². The molecule has 0 aromatic heterocycles. The number of carbonyl (C=O) groups is 1.